The van der Waals surface area contributed by atoms with Gasteiger partial charge in [0.25, 0.3) is 0 Å². The van der Waals surface area contributed by atoms with E-state index in [1.54, 1.807) is 22.3 Å². The summed E-state index contributed by atoms with van der Waals surface area (Å²) in [4.78, 5) is 0. The Kier molecular flexibility index (Phi) is 20.2. The predicted octanol–water partition coefficient (Wildman–Crippen LogP) is 12.1. The number of benzene rings is 4. The molecule has 0 saturated heterocycles. The van der Waals surface area contributed by atoms with Gasteiger partial charge < -0.3 is 24.8 Å². The zero-order valence-corrected chi connectivity index (χ0v) is 43.6. The number of hydrogen-bond donors (Lipinski definition) is 0. The first-order chi connectivity index (χ1) is 30.6. The summed E-state index contributed by atoms with van der Waals surface area (Å²) >= 11 is 1.29. The predicted molar refractivity (Wildman–Crippen MR) is 260 cm³/mol. The number of fused-ring (bicyclic) bond motifs is 2. The molecule has 0 radical (unpaired) electrons. The van der Waals surface area contributed by atoms with Crippen molar-refractivity contribution in [1.82, 2.24) is 0 Å². The number of halogens is 5. The summed E-state index contributed by atoms with van der Waals surface area (Å²) in [5, 5.41) is 5.71. The molecular weight excluding hydrogens is 944 g/mol. The summed E-state index contributed by atoms with van der Waals surface area (Å²) in [6.45, 7) is 1.93. The molecule has 0 nitrogen and oxygen atoms in total. The van der Waals surface area contributed by atoms with E-state index in [0.29, 0.717) is 6.04 Å². The monoisotopic (exact) mass is 1010 g/mol. The van der Waals surface area contributed by atoms with Crippen molar-refractivity contribution in [1.29, 1.82) is 0 Å². The zero-order chi connectivity index (χ0) is 43.6. The van der Waals surface area contributed by atoms with Crippen molar-refractivity contribution >= 4 is 27.0 Å². The molecule has 0 aromatic heterocycles. The molecule has 0 aliphatic heterocycles. The first kappa shape index (κ1) is 52.0. The van der Waals surface area contributed by atoms with Gasteiger partial charge in [-0.25, -0.2) is 0 Å². The van der Waals surface area contributed by atoms with Crippen molar-refractivity contribution in [3.63, 3.8) is 0 Å². The molecule has 4 fully saturated rings. The van der Waals surface area contributed by atoms with Gasteiger partial charge in [0.05, 0.1) is 0 Å². The van der Waals surface area contributed by atoms with Crippen LogP contribution in [0.15, 0.2) is 109 Å². The Morgan fingerprint density at radius 1 is 0.523 bits per heavy atom. The molecule has 4 saturated carbocycles. The maximum Gasteiger partial charge on any atom is -0.0162 e. The summed E-state index contributed by atoms with van der Waals surface area (Å²) in [6, 6.07) is 42.9. The molecule has 0 unspecified atom stereocenters. The van der Waals surface area contributed by atoms with Crippen LogP contribution in [0.25, 0.3) is 43.8 Å². The smallest absolute Gasteiger partial charge is 0.0162 e. The Morgan fingerprint density at radius 2 is 0.892 bits per heavy atom. The number of rotatable bonds is 10. The number of hydrogen-bond acceptors (Lipinski definition) is 0. The van der Waals surface area contributed by atoms with E-state index >= 15 is 0 Å². The fourth-order valence-electron chi connectivity index (χ4n) is 11.5. The molecule has 65 heavy (non-hydrogen) atoms. The van der Waals surface area contributed by atoms with Gasteiger partial charge in [0, 0.05) is 0 Å². The molecule has 4 aliphatic rings. The fourth-order valence-corrected chi connectivity index (χ4v) is 13.1. The molecule has 6 aromatic rings. The first-order valence-electron chi connectivity index (χ1n) is 24.8. The second kappa shape index (κ2) is 25.3. The second-order valence-electron chi connectivity index (χ2n) is 19.9. The van der Waals surface area contributed by atoms with E-state index in [4.69, 9.17) is 0 Å². The first-order valence-corrected chi connectivity index (χ1v) is 30.7. The van der Waals surface area contributed by atoms with Crippen LogP contribution < -0.4 is 24.8 Å². The second-order valence-corrected chi connectivity index (χ2v) is 28.2. The maximum atomic E-state index is 11.4. The van der Waals surface area contributed by atoms with Gasteiger partial charge in [-0.15, -0.1) is 69.1 Å². The minimum Gasteiger partial charge on any atom is -1.00 e. The van der Waals surface area contributed by atoms with Crippen LogP contribution in [0, 0.1) is 11.8 Å². The fraction of sp³-hybridized carbons (Fsp3) is 0.483. The van der Waals surface area contributed by atoms with Crippen LogP contribution in [0.5, 0.6) is 0 Å². The zero-order valence-electron chi connectivity index (χ0n) is 38.6. The van der Waals surface area contributed by atoms with Gasteiger partial charge in [0.15, 0.2) is 0 Å². The normalized spacial score (nSPS) is 17.5. The van der Waals surface area contributed by atoms with Crippen LogP contribution in [0.3, 0.4) is 0 Å². The van der Waals surface area contributed by atoms with Crippen LogP contribution in [-0.4, -0.2) is 11.6 Å². The summed E-state index contributed by atoms with van der Waals surface area (Å²) < 4.78 is 34.3. The van der Waals surface area contributed by atoms with Crippen molar-refractivity contribution in [2.75, 3.05) is 0 Å². The van der Waals surface area contributed by atoms with Gasteiger partial charge >= 0.3 is 67.1 Å². The van der Waals surface area contributed by atoms with E-state index in [9.17, 15) is 13.2 Å². The summed E-state index contributed by atoms with van der Waals surface area (Å²) in [5.74, 6) is 3.42. The van der Waals surface area contributed by atoms with Gasteiger partial charge in [-0.3, -0.25) is 0 Å². The summed E-state index contributed by atoms with van der Waals surface area (Å²) in [7, 11) is 0. The Hall–Kier alpha value is -2.43. The molecule has 4 aliphatic carbocycles. The Bertz CT molecular complexity index is 2200. The van der Waals surface area contributed by atoms with Gasteiger partial charge in [0.1, 0.15) is 0 Å². The van der Waals surface area contributed by atoms with Gasteiger partial charge in [-0.05, 0) is 84.5 Å². The van der Waals surface area contributed by atoms with Crippen LogP contribution >= 0.6 is 0 Å². The topological polar surface area (TPSA) is 0 Å². The van der Waals surface area contributed by atoms with E-state index in [0.717, 1.165) is 23.7 Å². The van der Waals surface area contributed by atoms with E-state index in [-0.39, 0.29) is 24.8 Å². The van der Waals surface area contributed by atoms with Crippen LogP contribution in [0.4, 0.5) is 13.2 Å². The molecule has 10 rings (SSSR count). The van der Waals surface area contributed by atoms with Gasteiger partial charge in [0.2, 0.25) is 0 Å². The van der Waals surface area contributed by atoms with E-state index < -0.39 is 18.0 Å². The van der Waals surface area contributed by atoms with Crippen molar-refractivity contribution in [2.24, 2.45) is 11.8 Å². The molecule has 0 N–H and O–H groups in total. The molecule has 346 valence electrons. The summed E-state index contributed by atoms with van der Waals surface area (Å²) in [6.07, 6.45) is 23.5. The molecule has 6 aromatic carbocycles. The third-order valence-corrected chi connectivity index (χ3v) is 17.8. The van der Waals surface area contributed by atoms with E-state index in [2.05, 4.69) is 109 Å². The molecule has 0 atom stereocenters. The summed E-state index contributed by atoms with van der Waals surface area (Å²) in [5.41, 5.74) is 11.1. The molecule has 0 amide bonds. The average molecular weight is 1010 g/mol. The van der Waals surface area contributed by atoms with Crippen LogP contribution in [-0.2, 0) is 36.2 Å². The van der Waals surface area contributed by atoms with Gasteiger partial charge in [-0.2, -0.15) is 12.1 Å². The molecule has 0 spiro atoms. The Morgan fingerprint density at radius 3 is 1.23 bits per heavy atom. The molecule has 0 bridgehead atoms. The SMILES string of the molecule is C[Si](=[Zr+2])CCC(F)(F)F.[Cl-].[Cl-].c1cc(-c2ccc(C3CCCCC3)cc2)c2cc(CC3CCCC3)[cH-]c2c1.c1cc(-c2ccc(C3CCCCC3)cc2)c2cc(CC3CCCC3)[cH-]c2c1. The third kappa shape index (κ3) is 14.8. The minimum absolute atomic E-state index is 0. The molecule has 0 heterocycles. The van der Waals surface area contributed by atoms with E-state index in [1.807, 2.05) is 6.55 Å². The van der Waals surface area contributed by atoms with Gasteiger partial charge in [-0.1, -0.05) is 162 Å². The van der Waals surface area contributed by atoms with Crippen molar-refractivity contribution in [3.8, 4) is 22.3 Å². The van der Waals surface area contributed by atoms with E-state index in [1.165, 1.54) is 196 Å². The Labute approximate surface area is 416 Å². The molecule has 7 heteroatoms. The quantitative estimate of drug-likeness (QED) is 0.0948. The maximum absolute atomic E-state index is 11.4. The largest absolute Gasteiger partial charge is 1.00 e. The minimum atomic E-state index is -3.93. The average Bonchev–Trinajstić information content (AvgIpc) is 4.16. The van der Waals surface area contributed by atoms with Crippen molar-refractivity contribution in [2.45, 2.75) is 165 Å². The van der Waals surface area contributed by atoms with Crippen molar-refractivity contribution in [3.05, 3.63) is 131 Å². The Balaban J connectivity index is 0.000000177. The van der Waals surface area contributed by atoms with Crippen LogP contribution in [0.1, 0.15) is 156 Å². The van der Waals surface area contributed by atoms with Crippen molar-refractivity contribution < 1.29 is 61.3 Å². The molecular formula is C58H69Cl2F3SiZr-2. The standard InChI is InChI=1S/2C27H31.C4H7F3Si.2ClH.Zr/c2*1-2-9-22(10-3-1)23-13-15-24(16-14-23)26-12-6-11-25-18-21(19-27(25)26)17-20-7-4-5-8-20;1-8-3-2-4(5,6)7;;;/h2*6,11-16,18-20,22H,1-5,7-10,17H2;2-3H2,1H3;2*1H;/q2*-1;;;;+2/p-2. The third-order valence-electron chi connectivity index (χ3n) is 15.0. The number of alkyl halides is 3. The van der Waals surface area contributed by atoms with Crippen LogP contribution in [0.2, 0.25) is 12.6 Å².